The van der Waals surface area contributed by atoms with Crippen molar-refractivity contribution >= 4 is 11.0 Å². The minimum atomic E-state index is -0.0730. The summed E-state index contributed by atoms with van der Waals surface area (Å²) in [7, 11) is 1.59. The van der Waals surface area contributed by atoms with E-state index >= 15 is 0 Å². The standard InChI is InChI=1S/C12H15N3O3/c1-17-12-9-4-5-15(11(9)13-7-14-12)10-3-2-8(6-16)18-10/h4-5,7-8,10,16H,2-3,6H2,1H3/t8-,10+/m0/s1. The molecule has 3 rings (SSSR count). The highest BCUT2D eigenvalue weighted by atomic mass is 16.5. The molecule has 1 aliphatic heterocycles. The maximum Gasteiger partial charge on any atom is 0.225 e. The van der Waals surface area contributed by atoms with Gasteiger partial charge < -0.3 is 19.1 Å². The summed E-state index contributed by atoms with van der Waals surface area (Å²) in [6.07, 6.45) is 5.00. The van der Waals surface area contributed by atoms with Gasteiger partial charge in [0, 0.05) is 6.20 Å². The first-order valence-electron chi connectivity index (χ1n) is 5.95. The Morgan fingerprint density at radius 2 is 2.39 bits per heavy atom. The topological polar surface area (TPSA) is 69.4 Å². The average molecular weight is 249 g/mol. The minimum absolute atomic E-state index is 0.0635. The summed E-state index contributed by atoms with van der Waals surface area (Å²) in [5, 5.41) is 9.97. The summed E-state index contributed by atoms with van der Waals surface area (Å²) >= 11 is 0. The molecule has 0 aliphatic carbocycles. The van der Waals surface area contributed by atoms with Crippen LogP contribution in [0.5, 0.6) is 5.88 Å². The molecule has 2 atom stereocenters. The molecule has 1 aliphatic rings. The molecular weight excluding hydrogens is 234 g/mol. The largest absolute Gasteiger partial charge is 0.480 e. The van der Waals surface area contributed by atoms with Crippen LogP contribution in [-0.2, 0) is 4.74 Å². The van der Waals surface area contributed by atoms with Gasteiger partial charge in [-0.3, -0.25) is 0 Å². The fraction of sp³-hybridized carbons (Fsp3) is 0.500. The van der Waals surface area contributed by atoms with Crippen LogP contribution < -0.4 is 4.74 Å². The van der Waals surface area contributed by atoms with Crippen molar-refractivity contribution in [1.82, 2.24) is 14.5 Å². The monoisotopic (exact) mass is 249 g/mol. The third-order valence-corrected chi connectivity index (χ3v) is 3.27. The Morgan fingerprint density at radius 1 is 1.50 bits per heavy atom. The lowest BCUT2D eigenvalue weighted by Crippen LogP contribution is -2.14. The summed E-state index contributed by atoms with van der Waals surface area (Å²) in [6.45, 7) is 0.0635. The van der Waals surface area contributed by atoms with Crippen LogP contribution in [0.15, 0.2) is 18.6 Å². The highest BCUT2D eigenvalue weighted by Gasteiger charge is 2.27. The molecule has 3 heterocycles. The summed E-state index contributed by atoms with van der Waals surface area (Å²) in [4.78, 5) is 8.34. The van der Waals surface area contributed by atoms with Crippen LogP contribution in [0.25, 0.3) is 11.0 Å². The fourth-order valence-corrected chi connectivity index (χ4v) is 2.37. The van der Waals surface area contributed by atoms with E-state index in [1.54, 1.807) is 7.11 Å². The molecule has 6 heteroatoms. The van der Waals surface area contributed by atoms with Crippen molar-refractivity contribution in [3.8, 4) is 5.88 Å². The number of aromatic nitrogens is 3. The van der Waals surface area contributed by atoms with E-state index in [2.05, 4.69) is 9.97 Å². The number of hydrogen-bond acceptors (Lipinski definition) is 5. The Labute approximate surface area is 104 Å². The third kappa shape index (κ3) is 1.74. The normalized spacial score (nSPS) is 23.7. The SMILES string of the molecule is COc1ncnc2c1ccn2[C@H]1CC[C@@H](CO)O1. The van der Waals surface area contributed by atoms with E-state index in [1.165, 1.54) is 6.33 Å². The second-order valence-corrected chi connectivity index (χ2v) is 4.32. The van der Waals surface area contributed by atoms with Crippen LogP contribution in [0.4, 0.5) is 0 Å². The Morgan fingerprint density at radius 3 is 3.11 bits per heavy atom. The van der Waals surface area contributed by atoms with Gasteiger partial charge in [0.15, 0.2) is 0 Å². The van der Waals surface area contributed by atoms with Gasteiger partial charge in [0.1, 0.15) is 18.2 Å². The molecule has 18 heavy (non-hydrogen) atoms. The summed E-state index contributed by atoms with van der Waals surface area (Å²) in [5.74, 6) is 0.565. The molecule has 0 saturated carbocycles. The number of rotatable bonds is 3. The average Bonchev–Trinajstić information content (AvgIpc) is 3.03. The maximum absolute atomic E-state index is 9.10. The van der Waals surface area contributed by atoms with Crippen molar-refractivity contribution in [2.45, 2.75) is 25.2 Å². The molecular formula is C12H15N3O3. The first-order chi connectivity index (χ1) is 8.83. The van der Waals surface area contributed by atoms with Gasteiger partial charge in [0.2, 0.25) is 5.88 Å². The number of methoxy groups -OCH3 is 1. The van der Waals surface area contributed by atoms with Gasteiger partial charge in [-0.15, -0.1) is 0 Å². The number of ether oxygens (including phenoxy) is 2. The first kappa shape index (κ1) is 11.4. The predicted molar refractivity (Wildman–Crippen MR) is 64.3 cm³/mol. The Balaban J connectivity index is 1.98. The summed E-state index contributed by atoms with van der Waals surface area (Å²) in [6, 6.07) is 1.92. The van der Waals surface area contributed by atoms with Gasteiger partial charge in [0.25, 0.3) is 0 Å². The highest BCUT2D eigenvalue weighted by molar-refractivity contribution is 5.81. The molecule has 0 radical (unpaired) electrons. The zero-order valence-corrected chi connectivity index (χ0v) is 10.1. The molecule has 1 saturated heterocycles. The van der Waals surface area contributed by atoms with Gasteiger partial charge in [-0.25, -0.2) is 9.97 Å². The van der Waals surface area contributed by atoms with Crippen molar-refractivity contribution in [3.05, 3.63) is 18.6 Å². The Bertz CT molecular complexity index is 554. The summed E-state index contributed by atoms with van der Waals surface area (Å²) in [5.41, 5.74) is 0.797. The van der Waals surface area contributed by atoms with E-state index < -0.39 is 0 Å². The second-order valence-electron chi connectivity index (χ2n) is 4.32. The summed E-state index contributed by atoms with van der Waals surface area (Å²) < 4.78 is 12.9. The van der Waals surface area contributed by atoms with Gasteiger partial charge in [-0.05, 0) is 18.9 Å². The van der Waals surface area contributed by atoms with Crippen LogP contribution in [0.3, 0.4) is 0 Å². The molecule has 0 aromatic carbocycles. The number of aliphatic hydroxyl groups is 1. The predicted octanol–water partition coefficient (Wildman–Crippen LogP) is 1.11. The number of nitrogens with zero attached hydrogens (tertiary/aromatic N) is 3. The van der Waals surface area contributed by atoms with E-state index in [9.17, 15) is 0 Å². The maximum atomic E-state index is 9.10. The van der Waals surface area contributed by atoms with E-state index in [1.807, 2.05) is 16.8 Å². The zero-order chi connectivity index (χ0) is 12.5. The van der Waals surface area contributed by atoms with Gasteiger partial charge in [-0.2, -0.15) is 0 Å². The Kier molecular flexibility index (Phi) is 2.89. The molecule has 0 unspecified atom stereocenters. The van der Waals surface area contributed by atoms with Gasteiger partial charge in [0.05, 0.1) is 25.2 Å². The van der Waals surface area contributed by atoms with Crippen molar-refractivity contribution in [3.63, 3.8) is 0 Å². The van der Waals surface area contributed by atoms with Crippen molar-refractivity contribution in [1.29, 1.82) is 0 Å². The quantitative estimate of drug-likeness (QED) is 0.882. The fourth-order valence-electron chi connectivity index (χ4n) is 2.37. The molecule has 0 amide bonds. The molecule has 2 aromatic heterocycles. The van der Waals surface area contributed by atoms with E-state index in [4.69, 9.17) is 14.6 Å². The van der Waals surface area contributed by atoms with Crippen LogP contribution in [-0.4, -0.2) is 39.5 Å². The van der Waals surface area contributed by atoms with Gasteiger partial charge in [-0.1, -0.05) is 0 Å². The lowest BCUT2D eigenvalue weighted by Gasteiger charge is -2.14. The van der Waals surface area contributed by atoms with Crippen molar-refractivity contribution < 1.29 is 14.6 Å². The van der Waals surface area contributed by atoms with Gasteiger partial charge >= 0.3 is 0 Å². The lowest BCUT2D eigenvalue weighted by molar-refractivity contribution is -0.0204. The van der Waals surface area contributed by atoms with Crippen LogP contribution >= 0.6 is 0 Å². The third-order valence-electron chi connectivity index (χ3n) is 3.27. The molecule has 96 valence electrons. The second kappa shape index (κ2) is 4.55. The highest BCUT2D eigenvalue weighted by Crippen LogP contribution is 2.32. The van der Waals surface area contributed by atoms with Crippen LogP contribution in [0.2, 0.25) is 0 Å². The van der Waals surface area contributed by atoms with Crippen LogP contribution in [0, 0.1) is 0 Å². The Hall–Kier alpha value is -1.66. The molecule has 0 spiro atoms. The molecule has 2 aromatic rings. The smallest absolute Gasteiger partial charge is 0.225 e. The number of hydrogen-bond donors (Lipinski definition) is 1. The molecule has 6 nitrogen and oxygen atoms in total. The molecule has 0 bridgehead atoms. The van der Waals surface area contributed by atoms with E-state index in [-0.39, 0.29) is 18.9 Å². The van der Waals surface area contributed by atoms with Crippen molar-refractivity contribution in [2.24, 2.45) is 0 Å². The minimum Gasteiger partial charge on any atom is -0.480 e. The lowest BCUT2D eigenvalue weighted by atomic mass is 10.2. The molecule has 1 fully saturated rings. The number of aliphatic hydroxyl groups excluding tert-OH is 1. The molecule has 1 N–H and O–H groups in total. The van der Waals surface area contributed by atoms with E-state index in [0.29, 0.717) is 5.88 Å². The first-order valence-corrected chi connectivity index (χ1v) is 5.95. The zero-order valence-electron chi connectivity index (χ0n) is 10.1. The number of fused-ring (bicyclic) bond motifs is 1. The van der Waals surface area contributed by atoms with E-state index in [0.717, 1.165) is 23.9 Å². The van der Waals surface area contributed by atoms with Crippen molar-refractivity contribution in [2.75, 3.05) is 13.7 Å². The van der Waals surface area contributed by atoms with Crippen LogP contribution in [0.1, 0.15) is 19.1 Å².